The fraction of sp³-hybridized carbons (Fsp3) is 0.500. The van der Waals surface area contributed by atoms with Crippen LogP contribution in [0.2, 0.25) is 0 Å². The smallest absolute Gasteiger partial charge is 0.230 e. The second-order valence-electron chi connectivity index (χ2n) is 5.70. The molecule has 128 valence electrons. The lowest BCUT2D eigenvalue weighted by molar-refractivity contribution is -0.118. The normalized spacial score (nSPS) is 14.4. The molecule has 1 aliphatic rings. The van der Waals surface area contributed by atoms with Crippen LogP contribution in [0.4, 0.5) is 0 Å². The Morgan fingerprint density at radius 1 is 1.42 bits per heavy atom. The number of thioether (sulfide) groups is 1. The summed E-state index contributed by atoms with van der Waals surface area (Å²) in [4.78, 5) is 13.2. The van der Waals surface area contributed by atoms with E-state index in [1.807, 2.05) is 17.5 Å². The van der Waals surface area contributed by atoms with Gasteiger partial charge >= 0.3 is 0 Å². The number of hydrogen-bond donors (Lipinski definition) is 1. The predicted molar refractivity (Wildman–Crippen MR) is 96.1 cm³/mol. The molecule has 0 bridgehead atoms. The fourth-order valence-corrected chi connectivity index (χ4v) is 4.02. The van der Waals surface area contributed by atoms with Crippen molar-refractivity contribution in [3.05, 3.63) is 34.0 Å². The summed E-state index contributed by atoms with van der Waals surface area (Å²) in [6.45, 7) is 1.36. The van der Waals surface area contributed by atoms with Crippen molar-refractivity contribution >= 4 is 29.0 Å². The number of carbonyl (C=O) groups excluding carboxylic acids is 1. The van der Waals surface area contributed by atoms with Crippen molar-refractivity contribution in [3.63, 3.8) is 0 Å². The molecule has 2 aromatic rings. The molecule has 24 heavy (non-hydrogen) atoms. The number of hydrogen-bond acceptors (Lipinski definition) is 6. The van der Waals surface area contributed by atoms with Crippen LogP contribution in [0, 0.1) is 0 Å². The molecule has 0 unspecified atom stereocenters. The Hall–Kier alpha value is -1.67. The van der Waals surface area contributed by atoms with E-state index in [-0.39, 0.29) is 5.91 Å². The fourth-order valence-electron chi connectivity index (χ4n) is 2.62. The molecule has 2 aromatic heterocycles. The van der Waals surface area contributed by atoms with E-state index in [2.05, 4.69) is 26.9 Å². The number of nitrogens with zero attached hydrogens (tertiary/aromatic N) is 4. The Morgan fingerprint density at radius 3 is 3.17 bits per heavy atom. The number of nitrogens with one attached hydrogen (secondary N) is 1. The van der Waals surface area contributed by atoms with Gasteiger partial charge in [-0.15, -0.1) is 16.4 Å². The highest BCUT2D eigenvalue weighted by atomic mass is 32.2. The van der Waals surface area contributed by atoms with Gasteiger partial charge in [-0.1, -0.05) is 29.5 Å². The first-order chi connectivity index (χ1) is 11.8. The van der Waals surface area contributed by atoms with Crippen LogP contribution >= 0.6 is 23.1 Å². The lowest BCUT2D eigenvalue weighted by atomic mass is 9.97. The standard InChI is InChI=1S/C16H21N5OS2/c22-15(17-9-8-13-5-2-1-3-6-13)12-24-16-18-19-20-21(16)11-14-7-4-10-23-14/h4-5,7,10H,1-3,6,8-9,11-12H2,(H,17,22). The van der Waals surface area contributed by atoms with E-state index in [0.29, 0.717) is 24.0 Å². The summed E-state index contributed by atoms with van der Waals surface area (Å²) in [7, 11) is 0. The minimum Gasteiger partial charge on any atom is -0.355 e. The molecule has 0 aliphatic heterocycles. The molecule has 8 heteroatoms. The first-order valence-corrected chi connectivity index (χ1v) is 10.0. The quantitative estimate of drug-likeness (QED) is 0.577. The van der Waals surface area contributed by atoms with Crippen molar-refractivity contribution < 1.29 is 4.79 Å². The molecule has 0 radical (unpaired) electrons. The number of aromatic nitrogens is 4. The van der Waals surface area contributed by atoms with Gasteiger partial charge in [0.2, 0.25) is 11.1 Å². The third-order valence-electron chi connectivity index (χ3n) is 3.87. The SMILES string of the molecule is O=C(CSc1nnnn1Cc1cccs1)NCCC1=CCCCC1. The molecule has 3 rings (SSSR count). The maximum Gasteiger partial charge on any atom is 0.230 e. The van der Waals surface area contributed by atoms with Crippen LogP contribution in [-0.2, 0) is 11.3 Å². The summed E-state index contributed by atoms with van der Waals surface area (Å²) in [5.41, 5.74) is 1.48. The molecule has 2 heterocycles. The number of tetrazole rings is 1. The molecule has 1 N–H and O–H groups in total. The zero-order valence-corrected chi connectivity index (χ0v) is 15.1. The third kappa shape index (κ3) is 5.17. The van der Waals surface area contributed by atoms with Crippen LogP contribution in [0.3, 0.4) is 0 Å². The van der Waals surface area contributed by atoms with Crippen LogP contribution in [0.15, 0.2) is 34.3 Å². The molecular weight excluding hydrogens is 342 g/mol. The van der Waals surface area contributed by atoms with Gasteiger partial charge in [-0.05, 0) is 54.0 Å². The van der Waals surface area contributed by atoms with Crippen molar-refractivity contribution in [1.82, 2.24) is 25.5 Å². The van der Waals surface area contributed by atoms with Crippen LogP contribution < -0.4 is 5.32 Å². The topological polar surface area (TPSA) is 72.7 Å². The average molecular weight is 364 g/mol. The van der Waals surface area contributed by atoms with Crippen molar-refractivity contribution in [3.8, 4) is 0 Å². The van der Waals surface area contributed by atoms with E-state index in [4.69, 9.17) is 0 Å². The van der Waals surface area contributed by atoms with Crippen molar-refractivity contribution in [2.75, 3.05) is 12.3 Å². The summed E-state index contributed by atoms with van der Waals surface area (Å²) in [5.74, 6) is 0.367. The minimum absolute atomic E-state index is 0.0297. The highest BCUT2D eigenvalue weighted by Crippen LogP contribution is 2.19. The first kappa shape index (κ1) is 17.2. The molecule has 0 saturated carbocycles. The molecular formula is C16H21N5OS2. The Labute approximate surface area is 149 Å². The largest absolute Gasteiger partial charge is 0.355 e. The monoisotopic (exact) mass is 363 g/mol. The van der Waals surface area contributed by atoms with Gasteiger partial charge < -0.3 is 5.32 Å². The number of rotatable bonds is 8. The van der Waals surface area contributed by atoms with Gasteiger partial charge in [0.1, 0.15) is 0 Å². The number of allylic oxidation sites excluding steroid dienone is 1. The van der Waals surface area contributed by atoms with Crippen LogP contribution in [0.25, 0.3) is 0 Å². The van der Waals surface area contributed by atoms with E-state index in [1.165, 1.54) is 47.9 Å². The molecule has 0 saturated heterocycles. The summed E-state index contributed by atoms with van der Waals surface area (Å²) in [6.07, 6.45) is 8.24. The molecule has 0 fully saturated rings. The summed E-state index contributed by atoms with van der Waals surface area (Å²) >= 11 is 3.04. The highest BCUT2D eigenvalue weighted by molar-refractivity contribution is 7.99. The maximum atomic E-state index is 12.0. The van der Waals surface area contributed by atoms with Gasteiger partial charge in [0.05, 0.1) is 12.3 Å². The van der Waals surface area contributed by atoms with Gasteiger partial charge in [-0.2, -0.15) is 0 Å². The number of thiophene rings is 1. The molecule has 0 spiro atoms. The van der Waals surface area contributed by atoms with Gasteiger partial charge in [-0.3, -0.25) is 4.79 Å². The number of carbonyl (C=O) groups is 1. The summed E-state index contributed by atoms with van der Waals surface area (Å²) in [6, 6.07) is 4.06. The molecule has 1 amide bonds. The summed E-state index contributed by atoms with van der Waals surface area (Å²) < 4.78 is 1.73. The second kappa shape index (κ2) is 8.98. The van der Waals surface area contributed by atoms with Gasteiger partial charge in [0.25, 0.3) is 0 Å². The average Bonchev–Trinajstić information content (AvgIpc) is 3.26. The Bertz CT molecular complexity index is 680. The Morgan fingerprint density at radius 2 is 2.38 bits per heavy atom. The zero-order valence-electron chi connectivity index (χ0n) is 13.5. The predicted octanol–water partition coefficient (Wildman–Crippen LogP) is 2.88. The molecule has 6 nitrogen and oxygen atoms in total. The van der Waals surface area contributed by atoms with Gasteiger partial charge in [0, 0.05) is 11.4 Å². The van der Waals surface area contributed by atoms with Crippen molar-refractivity contribution in [1.29, 1.82) is 0 Å². The van der Waals surface area contributed by atoms with Crippen LogP contribution in [0.5, 0.6) is 0 Å². The molecule has 0 atom stereocenters. The Balaban J connectivity index is 1.40. The molecule has 0 aromatic carbocycles. The van der Waals surface area contributed by atoms with E-state index in [0.717, 1.165) is 6.42 Å². The first-order valence-electron chi connectivity index (χ1n) is 8.17. The van der Waals surface area contributed by atoms with Crippen molar-refractivity contribution in [2.45, 2.75) is 43.8 Å². The van der Waals surface area contributed by atoms with E-state index in [9.17, 15) is 4.79 Å². The zero-order chi connectivity index (χ0) is 16.6. The Kier molecular flexibility index (Phi) is 6.42. The van der Waals surface area contributed by atoms with Crippen molar-refractivity contribution in [2.24, 2.45) is 0 Å². The summed E-state index contributed by atoms with van der Waals surface area (Å²) in [5, 5.41) is 17.4. The van der Waals surface area contributed by atoms with E-state index < -0.39 is 0 Å². The second-order valence-corrected chi connectivity index (χ2v) is 7.67. The van der Waals surface area contributed by atoms with Gasteiger partial charge in [-0.25, -0.2) is 4.68 Å². The van der Waals surface area contributed by atoms with Crippen LogP contribution in [-0.4, -0.2) is 38.4 Å². The van der Waals surface area contributed by atoms with Crippen LogP contribution in [0.1, 0.15) is 37.0 Å². The highest BCUT2D eigenvalue weighted by Gasteiger charge is 2.11. The number of amides is 1. The lowest BCUT2D eigenvalue weighted by Gasteiger charge is -2.12. The minimum atomic E-state index is 0.0297. The van der Waals surface area contributed by atoms with Gasteiger partial charge in [0.15, 0.2) is 0 Å². The lowest BCUT2D eigenvalue weighted by Crippen LogP contribution is -2.26. The maximum absolute atomic E-state index is 12.0. The van der Waals surface area contributed by atoms with E-state index >= 15 is 0 Å². The third-order valence-corrected chi connectivity index (χ3v) is 5.69. The van der Waals surface area contributed by atoms with E-state index in [1.54, 1.807) is 16.0 Å². The molecule has 1 aliphatic carbocycles.